The van der Waals surface area contributed by atoms with Crippen LogP contribution in [-0.4, -0.2) is 70.6 Å². The highest BCUT2D eigenvalue weighted by molar-refractivity contribution is 7.08. The van der Waals surface area contributed by atoms with Crippen LogP contribution in [0.1, 0.15) is 71.8 Å². The van der Waals surface area contributed by atoms with Gasteiger partial charge >= 0.3 is 11.9 Å². The second-order valence-corrected chi connectivity index (χ2v) is 19.1. The summed E-state index contributed by atoms with van der Waals surface area (Å²) in [6, 6.07) is 17.4. The fraction of sp³-hybridized carbons (Fsp3) is 0.333. The molecule has 22 heteroatoms. The van der Waals surface area contributed by atoms with Gasteiger partial charge in [-0.25, -0.2) is 19.6 Å². The largest absolute Gasteiger partial charge is 0.474 e. The third kappa shape index (κ3) is 12.7. The molecule has 2 amide bonds. The Bertz CT molecular complexity index is 3310. The number of esters is 2. The van der Waals surface area contributed by atoms with Gasteiger partial charge in [0.1, 0.15) is 54.5 Å². The van der Waals surface area contributed by atoms with Gasteiger partial charge in [-0.2, -0.15) is 10.5 Å². The smallest absolute Gasteiger partial charge is 0.360 e. The number of hydrogen-bond donors (Lipinski definition) is 4. The standard InChI is InChI=1S/C24H27N5O5S.C24H25N5O5S/c2*1-6-29-20(30)18(12-26-14-8-7-9-15(10-14)27-23(32)24(2,3)4)35-21(29)16(11-25)19-28-17(13-34-19)22(31)33-5/h7-10,12,17,26H,6,13H2,1-5H3,(H,27,32);7-10,12-13,26H,6H2,1-5H3,(H,27,32). The van der Waals surface area contributed by atoms with Crippen molar-refractivity contribution in [3.8, 4) is 12.1 Å². The molecule has 70 heavy (non-hydrogen) atoms. The second kappa shape index (κ2) is 22.8. The number of benzene rings is 2. The van der Waals surface area contributed by atoms with Crippen molar-refractivity contribution in [2.24, 2.45) is 15.8 Å². The molecule has 4 N–H and O–H groups in total. The molecule has 0 spiro atoms. The monoisotopic (exact) mass is 992 g/mol. The van der Waals surface area contributed by atoms with Crippen LogP contribution in [0, 0.1) is 33.5 Å². The molecule has 5 aromatic rings. The van der Waals surface area contributed by atoms with Crippen molar-refractivity contribution in [3.05, 3.63) is 105 Å². The summed E-state index contributed by atoms with van der Waals surface area (Å²) in [5.41, 5.74) is 0.933. The van der Waals surface area contributed by atoms with E-state index in [1.165, 1.54) is 29.6 Å². The molecule has 366 valence electrons. The number of aromatic nitrogens is 3. The van der Waals surface area contributed by atoms with Gasteiger partial charge in [-0.15, -0.1) is 22.7 Å². The maximum absolute atomic E-state index is 13.0. The van der Waals surface area contributed by atoms with E-state index in [1.54, 1.807) is 68.6 Å². The SMILES string of the molecule is CCn1c(=C(C#N)C2=NC(C(=O)OC)CO2)sc(=CNc2cccc(NC(=O)C(C)(C)C)c2)c1=O.CCn1c(=C(C#N)c2nc(C(=O)OC)co2)sc(=CNc2cccc(NC(=O)C(C)(C)C)c2)c1=O. The predicted molar refractivity (Wildman–Crippen MR) is 266 cm³/mol. The van der Waals surface area contributed by atoms with E-state index in [4.69, 9.17) is 9.15 Å². The van der Waals surface area contributed by atoms with Gasteiger partial charge in [-0.05, 0) is 50.2 Å². The van der Waals surface area contributed by atoms with Crippen molar-refractivity contribution in [2.45, 2.75) is 74.5 Å². The molecule has 20 nitrogen and oxygen atoms in total. The highest BCUT2D eigenvalue weighted by atomic mass is 32.1. The fourth-order valence-electron chi connectivity index (χ4n) is 6.02. The topological polar surface area (TPSA) is 274 Å². The Labute approximate surface area is 409 Å². The van der Waals surface area contributed by atoms with Crippen LogP contribution in [0.2, 0.25) is 0 Å². The summed E-state index contributed by atoms with van der Waals surface area (Å²) in [5, 5.41) is 31.4. The zero-order valence-electron chi connectivity index (χ0n) is 40.1. The van der Waals surface area contributed by atoms with Crippen LogP contribution in [0.15, 0.2) is 73.8 Å². The lowest BCUT2D eigenvalue weighted by Crippen LogP contribution is -2.32. The van der Waals surface area contributed by atoms with E-state index in [9.17, 15) is 39.3 Å². The summed E-state index contributed by atoms with van der Waals surface area (Å²) in [7, 11) is 2.46. The van der Waals surface area contributed by atoms with Crippen molar-refractivity contribution >= 4 is 98.6 Å². The Kier molecular flexibility index (Phi) is 17.2. The van der Waals surface area contributed by atoms with Gasteiger partial charge in [0.2, 0.25) is 23.6 Å². The Morgan fingerprint density at radius 3 is 1.67 bits per heavy atom. The minimum Gasteiger partial charge on any atom is -0.474 e. The number of oxazole rings is 1. The van der Waals surface area contributed by atoms with Gasteiger partial charge in [0, 0.05) is 59.1 Å². The quantitative estimate of drug-likeness (QED) is 0.130. The molecule has 3 aromatic heterocycles. The normalized spacial score (nSPS) is 14.6. The second-order valence-electron chi connectivity index (χ2n) is 17.1. The molecule has 0 saturated carbocycles. The van der Waals surface area contributed by atoms with Gasteiger partial charge in [-0.3, -0.25) is 28.3 Å². The Morgan fingerprint density at radius 2 is 1.24 bits per heavy atom. The van der Waals surface area contributed by atoms with Crippen molar-refractivity contribution in [1.29, 1.82) is 10.5 Å². The molecule has 2 aromatic carbocycles. The van der Waals surface area contributed by atoms with Gasteiger partial charge in [0.25, 0.3) is 11.1 Å². The third-order valence-electron chi connectivity index (χ3n) is 9.89. The number of rotatable bonds is 12. The van der Waals surface area contributed by atoms with Crippen LogP contribution in [0.25, 0.3) is 23.5 Å². The first-order valence-corrected chi connectivity index (χ1v) is 23.2. The summed E-state index contributed by atoms with van der Waals surface area (Å²) < 4.78 is 24.4. The number of aliphatic imine (C=N–C) groups is 1. The van der Waals surface area contributed by atoms with Crippen molar-refractivity contribution < 1.29 is 37.8 Å². The lowest BCUT2D eigenvalue weighted by Gasteiger charge is -2.18. The molecule has 1 unspecified atom stereocenters. The summed E-state index contributed by atoms with van der Waals surface area (Å²) in [6.45, 7) is 15.1. The Hall–Kier alpha value is -8.08. The Balaban J connectivity index is 0.000000261. The minimum absolute atomic E-state index is 0.00755. The number of nitrogens with one attached hydrogen (secondary N) is 4. The molecular formula is C48H52N10O10S2. The number of nitrogens with zero attached hydrogens (tertiary/aromatic N) is 6. The van der Waals surface area contributed by atoms with E-state index in [0.717, 1.165) is 28.9 Å². The number of carbonyl (C=O) groups is 4. The van der Waals surface area contributed by atoms with Crippen molar-refractivity contribution in [3.63, 3.8) is 0 Å². The molecule has 0 fully saturated rings. The lowest BCUT2D eigenvalue weighted by atomic mass is 9.95. The van der Waals surface area contributed by atoms with Gasteiger partial charge in [0.15, 0.2) is 11.7 Å². The molecular weight excluding hydrogens is 941 g/mol. The van der Waals surface area contributed by atoms with Crippen LogP contribution in [0.5, 0.6) is 0 Å². The predicted octanol–water partition coefficient (Wildman–Crippen LogP) is 3.67. The number of ether oxygens (including phenoxy) is 3. The summed E-state index contributed by atoms with van der Waals surface area (Å²) >= 11 is 2.20. The van der Waals surface area contributed by atoms with Crippen LogP contribution >= 0.6 is 22.7 Å². The van der Waals surface area contributed by atoms with E-state index in [1.807, 2.05) is 53.7 Å². The molecule has 0 saturated heterocycles. The number of anilines is 4. The molecule has 1 aliphatic rings. The zero-order valence-corrected chi connectivity index (χ0v) is 41.8. The van der Waals surface area contributed by atoms with Crippen molar-refractivity contribution in [1.82, 2.24) is 14.1 Å². The van der Waals surface area contributed by atoms with Crippen LogP contribution in [-0.2, 0) is 41.7 Å². The molecule has 0 aliphatic carbocycles. The molecule has 4 heterocycles. The number of thiazole rings is 2. The number of nitriles is 2. The van der Waals surface area contributed by atoms with Crippen LogP contribution in [0.3, 0.4) is 0 Å². The maximum atomic E-state index is 13.0. The first-order chi connectivity index (χ1) is 33.2. The van der Waals surface area contributed by atoms with Crippen LogP contribution < -0.4 is 50.8 Å². The lowest BCUT2D eigenvalue weighted by molar-refractivity contribution is -0.142. The first-order valence-electron chi connectivity index (χ1n) is 21.5. The molecule has 0 bridgehead atoms. The van der Waals surface area contributed by atoms with E-state index in [2.05, 4.69) is 40.7 Å². The summed E-state index contributed by atoms with van der Waals surface area (Å²) in [5.74, 6) is -1.57. The minimum atomic E-state index is -0.848. The Morgan fingerprint density at radius 1 is 0.771 bits per heavy atom. The van der Waals surface area contributed by atoms with Gasteiger partial charge in [-0.1, -0.05) is 53.7 Å². The number of amides is 2. The average molecular weight is 993 g/mol. The maximum Gasteiger partial charge on any atom is 0.360 e. The third-order valence-corrected chi connectivity index (χ3v) is 12.2. The van der Waals surface area contributed by atoms with Gasteiger partial charge < -0.3 is 39.9 Å². The molecule has 1 atom stereocenters. The zero-order chi connectivity index (χ0) is 51.5. The highest BCUT2D eigenvalue weighted by Gasteiger charge is 2.30. The van der Waals surface area contributed by atoms with Gasteiger partial charge in [0.05, 0.1) is 14.2 Å². The first kappa shape index (κ1) is 52.9. The van der Waals surface area contributed by atoms with E-state index >= 15 is 0 Å². The summed E-state index contributed by atoms with van der Waals surface area (Å²) in [6.07, 6.45) is 4.19. The van der Waals surface area contributed by atoms with Crippen molar-refractivity contribution in [2.75, 3.05) is 42.1 Å². The van der Waals surface area contributed by atoms with E-state index in [0.29, 0.717) is 54.2 Å². The molecule has 6 rings (SSSR count). The summed E-state index contributed by atoms with van der Waals surface area (Å²) in [4.78, 5) is 82.1. The van der Waals surface area contributed by atoms with Crippen LogP contribution in [0.4, 0.5) is 22.7 Å². The average Bonchev–Trinajstić information content (AvgIpc) is 4.14. The van der Waals surface area contributed by atoms with E-state index in [-0.39, 0.29) is 58.2 Å². The number of carbonyl (C=O) groups excluding carboxylic acids is 4. The molecule has 1 aliphatic heterocycles. The fourth-order valence-corrected chi connectivity index (χ4v) is 8.18. The molecule has 0 radical (unpaired) electrons. The number of hydrogen-bond acceptors (Lipinski definition) is 18. The van der Waals surface area contributed by atoms with E-state index < -0.39 is 28.8 Å². The number of methoxy groups -OCH3 is 2. The highest BCUT2D eigenvalue weighted by Crippen LogP contribution is 2.22.